The Morgan fingerprint density at radius 1 is 1.31 bits per heavy atom. The van der Waals surface area contributed by atoms with Crippen LogP contribution < -0.4 is 10.1 Å². The predicted molar refractivity (Wildman–Crippen MR) is 98.0 cm³/mol. The molecule has 1 unspecified atom stereocenters. The van der Waals surface area contributed by atoms with Crippen molar-refractivity contribution in [2.45, 2.75) is 25.0 Å². The molecule has 1 amide bonds. The summed E-state index contributed by atoms with van der Waals surface area (Å²) in [4.78, 5) is 20.2. The van der Waals surface area contributed by atoms with Gasteiger partial charge in [-0.15, -0.1) is 0 Å². The molecule has 134 valence electrons. The number of ether oxygens (including phenoxy) is 1. The molecule has 1 aliphatic rings. The van der Waals surface area contributed by atoms with Gasteiger partial charge in [0.05, 0.1) is 25.5 Å². The largest absolute Gasteiger partial charge is 0.495 e. The van der Waals surface area contributed by atoms with E-state index in [1.165, 1.54) is 0 Å². The first-order valence-corrected chi connectivity index (χ1v) is 8.69. The number of hydrogen-bond donors (Lipinski definition) is 3. The summed E-state index contributed by atoms with van der Waals surface area (Å²) in [6.07, 6.45) is 4.40. The third-order valence-electron chi connectivity index (χ3n) is 5.01. The van der Waals surface area contributed by atoms with Gasteiger partial charge in [-0.2, -0.15) is 0 Å². The number of fused-ring (bicyclic) bond motifs is 1. The molecule has 1 aliphatic carbocycles. The van der Waals surface area contributed by atoms with Crippen LogP contribution in [0, 0.1) is 5.92 Å². The SMILES string of the molecule is COc1cncc(C(NC(=O)c2cc3ccccc3[nH]2)C2CC(O)C2)c1. The number of H-pyrrole nitrogens is 1. The van der Waals surface area contributed by atoms with E-state index in [1.54, 1.807) is 19.5 Å². The normalized spacial score (nSPS) is 20.4. The Hall–Kier alpha value is -2.86. The van der Waals surface area contributed by atoms with E-state index in [0.29, 0.717) is 24.3 Å². The fourth-order valence-electron chi connectivity index (χ4n) is 3.51. The molecule has 3 N–H and O–H groups in total. The van der Waals surface area contributed by atoms with Crippen molar-refractivity contribution < 1.29 is 14.6 Å². The summed E-state index contributed by atoms with van der Waals surface area (Å²) in [5, 5.41) is 13.8. The summed E-state index contributed by atoms with van der Waals surface area (Å²) in [5.74, 6) is 0.648. The highest BCUT2D eigenvalue weighted by atomic mass is 16.5. The molecule has 0 saturated heterocycles. The lowest BCUT2D eigenvalue weighted by atomic mass is 9.75. The highest BCUT2D eigenvalue weighted by Crippen LogP contribution is 2.38. The first kappa shape index (κ1) is 16.6. The maximum absolute atomic E-state index is 12.8. The highest BCUT2D eigenvalue weighted by molar-refractivity contribution is 5.98. The van der Waals surface area contributed by atoms with Crippen molar-refractivity contribution in [2.24, 2.45) is 5.92 Å². The summed E-state index contributed by atoms with van der Waals surface area (Å²) >= 11 is 0. The first-order chi connectivity index (χ1) is 12.6. The van der Waals surface area contributed by atoms with Gasteiger partial charge in [0, 0.05) is 17.1 Å². The van der Waals surface area contributed by atoms with Gasteiger partial charge in [0.2, 0.25) is 0 Å². The van der Waals surface area contributed by atoms with Crippen LogP contribution in [0.4, 0.5) is 0 Å². The van der Waals surface area contributed by atoms with E-state index < -0.39 is 0 Å². The Bertz CT molecular complexity index is 898. The predicted octanol–water partition coefficient (Wildman–Crippen LogP) is 2.81. The summed E-state index contributed by atoms with van der Waals surface area (Å²) in [6.45, 7) is 0. The second-order valence-corrected chi connectivity index (χ2v) is 6.76. The molecule has 0 spiro atoms. The number of nitrogens with zero attached hydrogens (tertiary/aromatic N) is 1. The minimum atomic E-state index is -0.300. The van der Waals surface area contributed by atoms with Crippen molar-refractivity contribution in [3.05, 3.63) is 60.0 Å². The lowest BCUT2D eigenvalue weighted by molar-refractivity contribution is 0.0234. The van der Waals surface area contributed by atoms with Gasteiger partial charge in [-0.05, 0) is 42.5 Å². The lowest BCUT2D eigenvalue weighted by Gasteiger charge is -2.38. The Balaban J connectivity index is 1.60. The van der Waals surface area contributed by atoms with Gasteiger partial charge in [0.1, 0.15) is 11.4 Å². The molecular weight excluding hydrogens is 330 g/mol. The topological polar surface area (TPSA) is 87.2 Å². The number of nitrogens with one attached hydrogen (secondary N) is 2. The molecule has 1 atom stereocenters. The molecular formula is C20H21N3O3. The van der Waals surface area contributed by atoms with Gasteiger partial charge in [-0.1, -0.05) is 18.2 Å². The number of methoxy groups -OCH3 is 1. The number of pyridine rings is 1. The minimum Gasteiger partial charge on any atom is -0.495 e. The quantitative estimate of drug-likeness (QED) is 0.660. The van der Waals surface area contributed by atoms with Crippen molar-refractivity contribution in [1.82, 2.24) is 15.3 Å². The van der Waals surface area contributed by atoms with Gasteiger partial charge < -0.3 is 20.1 Å². The van der Waals surface area contributed by atoms with Crippen LogP contribution >= 0.6 is 0 Å². The molecule has 2 heterocycles. The molecule has 3 aromatic rings. The molecule has 1 aromatic carbocycles. The third kappa shape index (κ3) is 3.15. The number of para-hydroxylation sites is 1. The van der Waals surface area contributed by atoms with Crippen molar-refractivity contribution in [1.29, 1.82) is 0 Å². The smallest absolute Gasteiger partial charge is 0.268 e. The third-order valence-corrected chi connectivity index (χ3v) is 5.01. The van der Waals surface area contributed by atoms with Gasteiger partial charge in [-0.25, -0.2) is 0 Å². The van der Waals surface area contributed by atoms with Gasteiger partial charge in [0.25, 0.3) is 5.91 Å². The van der Waals surface area contributed by atoms with Crippen LogP contribution in [0.5, 0.6) is 5.75 Å². The zero-order chi connectivity index (χ0) is 18.1. The summed E-state index contributed by atoms with van der Waals surface area (Å²) in [6, 6.07) is 11.3. The summed E-state index contributed by atoms with van der Waals surface area (Å²) < 4.78 is 5.26. The van der Waals surface area contributed by atoms with E-state index in [0.717, 1.165) is 16.5 Å². The lowest BCUT2D eigenvalue weighted by Crippen LogP contribution is -2.41. The number of aliphatic hydroxyl groups excluding tert-OH is 1. The maximum atomic E-state index is 12.8. The number of carbonyl (C=O) groups is 1. The molecule has 4 rings (SSSR count). The molecule has 6 heteroatoms. The number of amides is 1. The van der Waals surface area contributed by atoms with Crippen LogP contribution in [-0.2, 0) is 0 Å². The number of aromatic amines is 1. The number of hydrogen-bond acceptors (Lipinski definition) is 4. The second kappa shape index (κ2) is 6.80. The van der Waals surface area contributed by atoms with Crippen molar-refractivity contribution >= 4 is 16.8 Å². The van der Waals surface area contributed by atoms with Crippen molar-refractivity contribution in [2.75, 3.05) is 7.11 Å². The number of aromatic nitrogens is 2. The maximum Gasteiger partial charge on any atom is 0.268 e. The summed E-state index contributed by atoms with van der Waals surface area (Å²) in [7, 11) is 1.59. The number of carbonyl (C=O) groups excluding carboxylic acids is 1. The van der Waals surface area contributed by atoms with E-state index in [-0.39, 0.29) is 24.0 Å². The van der Waals surface area contributed by atoms with Crippen molar-refractivity contribution in [3.8, 4) is 5.75 Å². The Labute approximate surface area is 151 Å². The zero-order valence-electron chi connectivity index (χ0n) is 14.5. The van der Waals surface area contributed by atoms with E-state index in [1.807, 2.05) is 36.4 Å². The standard InChI is InChI=1S/C20H21N3O3/c1-26-16-8-14(10-21-11-16)19(13-6-15(24)7-13)23-20(25)18-9-12-4-2-3-5-17(12)22-18/h2-5,8-11,13,15,19,22,24H,6-7H2,1H3,(H,23,25). The van der Waals surface area contributed by atoms with E-state index in [4.69, 9.17) is 4.74 Å². The Morgan fingerprint density at radius 2 is 2.12 bits per heavy atom. The Morgan fingerprint density at radius 3 is 2.85 bits per heavy atom. The number of rotatable bonds is 5. The average Bonchev–Trinajstić information content (AvgIpc) is 3.08. The van der Waals surface area contributed by atoms with Crippen molar-refractivity contribution in [3.63, 3.8) is 0 Å². The molecule has 1 saturated carbocycles. The molecule has 2 aromatic heterocycles. The van der Waals surface area contributed by atoms with Gasteiger partial charge in [-0.3, -0.25) is 9.78 Å². The molecule has 0 aliphatic heterocycles. The average molecular weight is 351 g/mol. The van der Waals surface area contributed by atoms with E-state index in [2.05, 4.69) is 15.3 Å². The fourth-order valence-corrected chi connectivity index (χ4v) is 3.51. The van der Waals surface area contributed by atoms with Crippen LogP contribution in [0.3, 0.4) is 0 Å². The number of aliphatic hydroxyl groups is 1. The van der Waals surface area contributed by atoms with Crippen LogP contribution in [0.2, 0.25) is 0 Å². The fraction of sp³-hybridized carbons (Fsp3) is 0.300. The number of benzene rings is 1. The highest BCUT2D eigenvalue weighted by Gasteiger charge is 2.36. The van der Waals surface area contributed by atoms with Gasteiger partial charge >= 0.3 is 0 Å². The second-order valence-electron chi connectivity index (χ2n) is 6.76. The van der Waals surface area contributed by atoms with Crippen LogP contribution in [0.15, 0.2) is 48.8 Å². The molecule has 26 heavy (non-hydrogen) atoms. The molecule has 6 nitrogen and oxygen atoms in total. The van der Waals surface area contributed by atoms with Crippen LogP contribution in [-0.4, -0.2) is 34.2 Å². The van der Waals surface area contributed by atoms with Crippen LogP contribution in [0.25, 0.3) is 10.9 Å². The van der Waals surface area contributed by atoms with Crippen LogP contribution in [0.1, 0.15) is 34.9 Å². The molecule has 0 radical (unpaired) electrons. The van der Waals surface area contributed by atoms with E-state index >= 15 is 0 Å². The van der Waals surface area contributed by atoms with E-state index in [9.17, 15) is 9.90 Å². The zero-order valence-corrected chi connectivity index (χ0v) is 14.5. The Kier molecular flexibility index (Phi) is 4.34. The summed E-state index contributed by atoms with van der Waals surface area (Å²) in [5.41, 5.74) is 2.33. The molecule has 0 bridgehead atoms. The minimum absolute atomic E-state index is 0.171. The monoisotopic (exact) mass is 351 g/mol. The molecule has 1 fully saturated rings. The van der Waals surface area contributed by atoms with Gasteiger partial charge in [0.15, 0.2) is 0 Å². The first-order valence-electron chi connectivity index (χ1n) is 8.69.